The largest absolute Gasteiger partial charge is 0.493 e. The number of carbonyl (C=O) groups excluding carboxylic acids is 1. The molecule has 0 aliphatic rings. The number of carbonyl (C=O) groups is 1. The van der Waals surface area contributed by atoms with Crippen LogP contribution in [0.2, 0.25) is 0 Å². The molecule has 35 heavy (non-hydrogen) atoms. The lowest BCUT2D eigenvalue weighted by molar-refractivity contribution is 0.262. The molecule has 0 saturated carbocycles. The maximum Gasteiger partial charge on any atom is 0.324 e. The van der Waals surface area contributed by atoms with Crippen molar-refractivity contribution >= 4 is 28.4 Å². The van der Waals surface area contributed by atoms with Crippen molar-refractivity contribution in [2.75, 3.05) is 24.9 Å². The Morgan fingerprint density at radius 2 is 1.83 bits per heavy atom. The van der Waals surface area contributed by atoms with Crippen molar-refractivity contribution in [1.29, 1.82) is 5.26 Å². The lowest BCUT2D eigenvalue weighted by Crippen LogP contribution is -2.19. The molecule has 4 rings (SSSR count). The first-order valence-electron chi connectivity index (χ1n) is 10.4. The topological polar surface area (TPSA) is 144 Å². The number of fused-ring (bicyclic) bond motifs is 1. The van der Waals surface area contributed by atoms with Gasteiger partial charge in [-0.1, -0.05) is 11.2 Å². The summed E-state index contributed by atoms with van der Waals surface area (Å²) in [6, 6.07) is 13.3. The molecule has 0 fully saturated rings. The van der Waals surface area contributed by atoms with E-state index in [1.807, 2.05) is 0 Å². The summed E-state index contributed by atoms with van der Waals surface area (Å²) in [6.07, 6.45) is 1.39. The maximum absolute atomic E-state index is 12.4. The summed E-state index contributed by atoms with van der Waals surface area (Å²) < 4.78 is 21.8. The molecule has 0 atom stereocenters. The number of ether oxygens (including phenoxy) is 3. The molecular weight excluding hydrogens is 452 g/mol. The fourth-order valence-electron chi connectivity index (χ4n) is 3.15. The molecule has 11 heteroatoms. The van der Waals surface area contributed by atoms with Gasteiger partial charge in [0.2, 0.25) is 5.88 Å². The summed E-state index contributed by atoms with van der Waals surface area (Å²) in [5.41, 5.74) is 0.224. The number of nitrogens with zero attached hydrogens (tertiary/aromatic N) is 4. The van der Waals surface area contributed by atoms with Crippen LogP contribution in [-0.4, -0.2) is 35.4 Å². The van der Waals surface area contributed by atoms with E-state index >= 15 is 0 Å². The van der Waals surface area contributed by atoms with Gasteiger partial charge in [-0.25, -0.2) is 14.8 Å². The molecule has 0 radical (unpaired) electrons. The van der Waals surface area contributed by atoms with Crippen molar-refractivity contribution in [2.45, 2.75) is 19.3 Å². The minimum absolute atomic E-state index is 0.185. The number of urea groups is 1. The van der Waals surface area contributed by atoms with Crippen LogP contribution in [-0.2, 0) is 5.41 Å². The van der Waals surface area contributed by atoms with Gasteiger partial charge in [-0.15, -0.1) is 0 Å². The summed E-state index contributed by atoms with van der Waals surface area (Å²) in [5, 5.41) is 18.9. The van der Waals surface area contributed by atoms with Crippen LogP contribution in [0, 0.1) is 11.3 Å². The highest BCUT2D eigenvalue weighted by Gasteiger charge is 2.25. The van der Waals surface area contributed by atoms with Gasteiger partial charge < -0.3 is 24.1 Å². The smallest absolute Gasteiger partial charge is 0.324 e. The first-order valence-corrected chi connectivity index (χ1v) is 10.4. The zero-order valence-electron chi connectivity index (χ0n) is 19.4. The molecular formula is C24H22N6O5. The minimum atomic E-state index is -0.866. The van der Waals surface area contributed by atoms with E-state index in [0.717, 1.165) is 0 Å². The van der Waals surface area contributed by atoms with Crippen LogP contribution in [0.3, 0.4) is 0 Å². The normalized spacial score (nSPS) is 10.9. The quantitative estimate of drug-likeness (QED) is 0.383. The monoisotopic (exact) mass is 474 g/mol. The predicted octanol–water partition coefficient (Wildman–Crippen LogP) is 4.87. The Labute approximate surface area is 200 Å². The first-order chi connectivity index (χ1) is 16.8. The average Bonchev–Trinajstić information content (AvgIpc) is 3.33. The molecule has 2 heterocycles. The van der Waals surface area contributed by atoms with Gasteiger partial charge in [0.25, 0.3) is 0 Å². The predicted molar refractivity (Wildman–Crippen MR) is 127 cm³/mol. The molecule has 0 aliphatic heterocycles. The van der Waals surface area contributed by atoms with Crippen molar-refractivity contribution in [1.82, 2.24) is 15.1 Å². The maximum atomic E-state index is 12.4. The second-order valence-electron chi connectivity index (χ2n) is 7.93. The van der Waals surface area contributed by atoms with Crippen LogP contribution in [0.15, 0.2) is 53.3 Å². The Kier molecular flexibility index (Phi) is 6.37. The third-order valence-corrected chi connectivity index (χ3v) is 5.06. The Hall–Kier alpha value is -4.85. The Morgan fingerprint density at radius 3 is 2.57 bits per heavy atom. The molecule has 178 valence electrons. The third kappa shape index (κ3) is 5.06. The van der Waals surface area contributed by atoms with E-state index in [1.165, 1.54) is 12.4 Å². The second kappa shape index (κ2) is 9.56. The lowest BCUT2D eigenvalue weighted by Gasteiger charge is -2.12. The number of hydrogen-bond acceptors (Lipinski definition) is 9. The molecule has 0 saturated heterocycles. The molecule has 11 nitrogen and oxygen atoms in total. The highest BCUT2D eigenvalue weighted by Crippen LogP contribution is 2.36. The Morgan fingerprint density at radius 1 is 1.06 bits per heavy atom. The van der Waals surface area contributed by atoms with E-state index in [4.69, 9.17) is 18.7 Å². The van der Waals surface area contributed by atoms with E-state index in [2.05, 4.69) is 31.8 Å². The van der Waals surface area contributed by atoms with E-state index in [-0.39, 0.29) is 5.82 Å². The molecule has 2 aromatic heterocycles. The number of rotatable bonds is 7. The minimum Gasteiger partial charge on any atom is -0.493 e. The number of nitrogens with one attached hydrogen (secondary N) is 2. The number of anilines is 2. The van der Waals surface area contributed by atoms with E-state index < -0.39 is 11.4 Å². The molecule has 2 N–H and O–H groups in total. The van der Waals surface area contributed by atoms with Gasteiger partial charge >= 0.3 is 6.03 Å². The van der Waals surface area contributed by atoms with Crippen molar-refractivity contribution in [3.05, 3.63) is 54.6 Å². The van der Waals surface area contributed by atoms with E-state index in [1.54, 1.807) is 64.5 Å². The fraction of sp³-hybridized carbons (Fsp3) is 0.208. The number of benzene rings is 2. The van der Waals surface area contributed by atoms with Crippen LogP contribution in [0.5, 0.6) is 23.1 Å². The van der Waals surface area contributed by atoms with Crippen molar-refractivity contribution in [2.24, 2.45) is 0 Å². The van der Waals surface area contributed by atoms with E-state index in [0.29, 0.717) is 45.5 Å². The fourth-order valence-corrected chi connectivity index (χ4v) is 3.15. The van der Waals surface area contributed by atoms with Gasteiger partial charge in [-0.3, -0.25) is 5.32 Å². The number of hydrogen-bond donors (Lipinski definition) is 2. The van der Waals surface area contributed by atoms with Crippen LogP contribution in [0.4, 0.5) is 16.3 Å². The second-order valence-corrected chi connectivity index (χ2v) is 7.93. The lowest BCUT2D eigenvalue weighted by atomic mass is 9.93. The molecule has 2 aromatic carbocycles. The van der Waals surface area contributed by atoms with Gasteiger partial charge in [-0.05, 0) is 32.0 Å². The summed E-state index contributed by atoms with van der Waals surface area (Å²) in [7, 11) is 3.09. The highest BCUT2D eigenvalue weighted by atomic mass is 16.5. The molecule has 2 amide bonds. The number of nitriles is 1. The molecule has 0 spiro atoms. The van der Waals surface area contributed by atoms with Crippen molar-refractivity contribution in [3.63, 3.8) is 0 Å². The molecule has 0 aliphatic carbocycles. The van der Waals surface area contributed by atoms with Gasteiger partial charge in [0, 0.05) is 23.9 Å². The number of amides is 2. The SMILES string of the molecule is COc1cc2ncnc(Oc3cccc(NC(=O)Nc4cc(C(C)(C)C#N)on4)c3)c2cc1OC. The standard InChI is InChI=1S/C24H22N6O5/c1-24(2,12-25)20-11-21(30-35-20)29-23(31)28-14-6-5-7-15(8-14)34-22-16-9-18(32-3)19(33-4)10-17(16)26-13-27-22/h5-11,13H,1-4H3,(H2,28,29,30,31). The molecule has 4 aromatic rings. The first kappa shape index (κ1) is 23.3. The zero-order chi connectivity index (χ0) is 25.0. The third-order valence-electron chi connectivity index (χ3n) is 5.06. The van der Waals surface area contributed by atoms with E-state index in [9.17, 15) is 10.1 Å². The molecule has 0 bridgehead atoms. The summed E-state index contributed by atoms with van der Waals surface area (Å²) in [6.45, 7) is 3.38. The van der Waals surface area contributed by atoms with Crippen LogP contribution in [0.25, 0.3) is 10.9 Å². The number of methoxy groups -OCH3 is 2. The summed E-state index contributed by atoms with van der Waals surface area (Å²) >= 11 is 0. The number of aromatic nitrogens is 3. The van der Waals surface area contributed by atoms with Crippen molar-refractivity contribution in [3.8, 4) is 29.2 Å². The van der Waals surface area contributed by atoms with Gasteiger partial charge in [0.05, 0.1) is 31.2 Å². The van der Waals surface area contributed by atoms with Crippen LogP contribution < -0.4 is 24.8 Å². The highest BCUT2D eigenvalue weighted by molar-refractivity contribution is 5.99. The van der Waals surface area contributed by atoms with Crippen molar-refractivity contribution < 1.29 is 23.5 Å². The average molecular weight is 474 g/mol. The Bertz CT molecular complexity index is 1430. The zero-order valence-corrected chi connectivity index (χ0v) is 19.4. The summed E-state index contributed by atoms with van der Waals surface area (Å²) in [5.74, 6) is 2.34. The van der Waals surface area contributed by atoms with Gasteiger partial charge in [0.1, 0.15) is 17.5 Å². The van der Waals surface area contributed by atoms with Gasteiger partial charge in [0.15, 0.2) is 23.1 Å². The summed E-state index contributed by atoms with van der Waals surface area (Å²) in [4.78, 5) is 20.9. The molecule has 0 unspecified atom stereocenters. The van der Waals surface area contributed by atoms with Crippen LogP contribution >= 0.6 is 0 Å². The Balaban J connectivity index is 1.50. The van der Waals surface area contributed by atoms with Gasteiger partial charge in [-0.2, -0.15) is 5.26 Å². The van der Waals surface area contributed by atoms with Crippen LogP contribution in [0.1, 0.15) is 19.6 Å².